The van der Waals surface area contributed by atoms with Crippen molar-refractivity contribution in [3.8, 4) is 0 Å². The topological polar surface area (TPSA) is 32.3 Å². The third-order valence-electron chi connectivity index (χ3n) is 3.08. The molecule has 1 aromatic rings. The summed E-state index contributed by atoms with van der Waals surface area (Å²) >= 11 is 3.29. The van der Waals surface area contributed by atoms with E-state index in [4.69, 9.17) is 0 Å². The Hall–Kier alpha value is -0.650. The molecule has 1 aliphatic rings. The molecule has 1 aliphatic heterocycles. The van der Waals surface area contributed by atoms with Crippen LogP contribution in [0.15, 0.2) is 22.7 Å². The smallest absolute Gasteiger partial charge is 0.227 e. The molecule has 1 N–H and O–H groups in total. The van der Waals surface area contributed by atoms with Crippen molar-refractivity contribution in [3.63, 3.8) is 0 Å². The highest BCUT2D eigenvalue weighted by Crippen LogP contribution is 2.19. The molecule has 106 valence electrons. The molecule has 19 heavy (non-hydrogen) atoms. The second kappa shape index (κ2) is 7.22. The average molecular weight is 352 g/mol. The number of hydrogen-bond acceptors (Lipinski definition) is 2. The van der Waals surface area contributed by atoms with E-state index in [1.807, 2.05) is 4.90 Å². The van der Waals surface area contributed by atoms with Crippen LogP contribution in [0.3, 0.4) is 0 Å². The summed E-state index contributed by atoms with van der Waals surface area (Å²) in [5.41, 5.74) is 0.826. The quantitative estimate of drug-likeness (QED) is 0.887. The van der Waals surface area contributed by atoms with Crippen LogP contribution < -0.4 is 5.32 Å². The molecule has 0 unspecified atom stereocenters. The lowest BCUT2D eigenvalue weighted by atomic mass is 10.1. The van der Waals surface area contributed by atoms with E-state index in [9.17, 15) is 9.18 Å². The van der Waals surface area contributed by atoms with E-state index in [0.29, 0.717) is 16.9 Å². The number of carbonyl (C=O) groups excluding carboxylic acids is 1. The van der Waals surface area contributed by atoms with Gasteiger partial charge in [-0.2, -0.15) is 0 Å². The van der Waals surface area contributed by atoms with Gasteiger partial charge in [-0.25, -0.2) is 4.39 Å². The summed E-state index contributed by atoms with van der Waals surface area (Å²) in [5, 5.41) is 3.30. The van der Waals surface area contributed by atoms with Crippen LogP contribution in [0.5, 0.6) is 0 Å². The van der Waals surface area contributed by atoms with E-state index in [1.165, 1.54) is 12.1 Å². The number of hydrogen-bond donors (Lipinski definition) is 1. The Morgan fingerprint density at radius 3 is 2.95 bits per heavy atom. The van der Waals surface area contributed by atoms with Crippen molar-refractivity contribution in [3.05, 3.63) is 34.1 Å². The minimum Gasteiger partial charge on any atom is -0.340 e. The Labute approximate surface area is 127 Å². The predicted octanol–water partition coefficient (Wildman–Crippen LogP) is 2.37. The number of benzene rings is 1. The van der Waals surface area contributed by atoms with Gasteiger partial charge in [0.2, 0.25) is 5.91 Å². The van der Waals surface area contributed by atoms with Crippen LogP contribution in [0, 0.1) is 5.82 Å². The van der Waals surface area contributed by atoms with Crippen molar-refractivity contribution in [2.24, 2.45) is 0 Å². The van der Waals surface area contributed by atoms with Crippen LogP contribution in [-0.2, 0) is 11.2 Å². The maximum absolute atomic E-state index is 13.0. The third-order valence-corrected chi connectivity index (χ3v) is 3.82. The number of rotatable bonds is 2. The number of piperazine rings is 1. The highest BCUT2D eigenvalue weighted by atomic mass is 79.9. The van der Waals surface area contributed by atoms with Gasteiger partial charge in [-0.1, -0.05) is 22.0 Å². The van der Waals surface area contributed by atoms with Crippen LogP contribution >= 0.6 is 28.3 Å². The summed E-state index contributed by atoms with van der Waals surface area (Å²) in [7, 11) is 0. The number of carbonyl (C=O) groups is 1. The minimum absolute atomic E-state index is 0. The van der Waals surface area contributed by atoms with Crippen LogP contribution in [0.4, 0.5) is 4.39 Å². The molecule has 1 fully saturated rings. The molecular weight excluding hydrogens is 335 g/mol. The Morgan fingerprint density at radius 1 is 1.58 bits per heavy atom. The summed E-state index contributed by atoms with van der Waals surface area (Å²) in [5.74, 6) is -0.204. The van der Waals surface area contributed by atoms with E-state index in [1.54, 1.807) is 6.07 Å². The van der Waals surface area contributed by atoms with Gasteiger partial charge in [0.15, 0.2) is 0 Å². The van der Waals surface area contributed by atoms with Gasteiger partial charge in [0, 0.05) is 30.1 Å². The van der Waals surface area contributed by atoms with Crippen molar-refractivity contribution in [1.29, 1.82) is 0 Å². The van der Waals surface area contributed by atoms with Gasteiger partial charge in [0.25, 0.3) is 0 Å². The summed E-state index contributed by atoms with van der Waals surface area (Å²) in [4.78, 5) is 14.0. The van der Waals surface area contributed by atoms with Crippen LogP contribution in [0.25, 0.3) is 0 Å². The summed E-state index contributed by atoms with van der Waals surface area (Å²) in [6, 6.07) is 4.76. The first-order valence-electron chi connectivity index (χ1n) is 6.01. The zero-order chi connectivity index (χ0) is 13.1. The van der Waals surface area contributed by atoms with Crippen molar-refractivity contribution >= 4 is 34.2 Å². The van der Waals surface area contributed by atoms with Crippen LogP contribution in [0.1, 0.15) is 12.5 Å². The van der Waals surface area contributed by atoms with Crippen molar-refractivity contribution in [1.82, 2.24) is 10.2 Å². The lowest BCUT2D eigenvalue weighted by Gasteiger charge is -2.32. The first-order chi connectivity index (χ1) is 8.56. The molecule has 1 amide bonds. The summed E-state index contributed by atoms with van der Waals surface area (Å²) in [6.07, 6.45) is 0.313. The monoisotopic (exact) mass is 350 g/mol. The fourth-order valence-corrected chi connectivity index (χ4v) is 2.59. The zero-order valence-electron chi connectivity index (χ0n) is 10.7. The molecule has 0 saturated carbocycles. The van der Waals surface area contributed by atoms with Gasteiger partial charge in [-0.3, -0.25) is 4.79 Å². The average Bonchev–Trinajstić information content (AvgIpc) is 2.32. The molecule has 2 rings (SSSR count). The van der Waals surface area contributed by atoms with Gasteiger partial charge in [0.1, 0.15) is 5.82 Å². The minimum atomic E-state index is -0.297. The second-order valence-corrected chi connectivity index (χ2v) is 5.46. The molecular formula is C13H17BrClFN2O. The molecule has 1 atom stereocenters. The SMILES string of the molecule is C[C@@H]1CN(C(=O)Cc2ccc(F)cc2Br)CCN1.Cl. The molecule has 0 bridgehead atoms. The summed E-state index contributed by atoms with van der Waals surface area (Å²) < 4.78 is 13.6. The molecule has 6 heteroatoms. The number of nitrogens with one attached hydrogen (secondary N) is 1. The molecule has 1 aromatic carbocycles. The second-order valence-electron chi connectivity index (χ2n) is 4.61. The highest BCUT2D eigenvalue weighted by molar-refractivity contribution is 9.10. The zero-order valence-corrected chi connectivity index (χ0v) is 13.1. The summed E-state index contributed by atoms with van der Waals surface area (Å²) in [6.45, 7) is 4.37. The molecule has 0 spiro atoms. The van der Waals surface area contributed by atoms with Gasteiger partial charge >= 0.3 is 0 Å². The van der Waals surface area contributed by atoms with Gasteiger partial charge in [-0.05, 0) is 24.6 Å². The lowest BCUT2D eigenvalue weighted by Crippen LogP contribution is -2.51. The van der Waals surface area contributed by atoms with Crippen molar-refractivity contribution < 1.29 is 9.18 Å². The van der Waals surface area contributed by atoms with E-state index in [2.05, 4.69) is 28.2 Å². The van der Waals surface area contributed by atoms with E-state index >= 15 is 0 Å². The predicted molar refractivity (Wildman–Crippen MR) is 79.1 cm³/mol. The molecule has 1 saturated heterocycles. The Balaban J connectivity index is 0.00000180. The van der Waals surface area contributed by atoms with Crippen LogP contribution in [0.2, 0.25) is 0 Å². The Morgan fingerprint density at radius 2 is 2.32 bits per heavy atom. The Kier molecular flexibility index (Phi) is 6.23. The molecule has 0 aliphatic carbocycles. The highest BCUT2D eigenvalue weighted by Gasteiger charge is 2.21. The first kappa shape index (κ1) is 16.4. The number of halogens is 3. The molecule has 1 heterocycles. The third kappa shape index (κ3) is 4.44. The Bertz CT molecular complexity index is 458. The standard InChI is InChI=1S/C13H16BrFN2O.ClH/c1-9-8-17(5-4-16-9)13(18)6-10-2-3-11(15)7-12(10)14;/h2-3,7,9,16H,4-6,8H2,1H3;1H/t9-;/m1./s1. The van der Waals surface area contributed by atoms with Gasteiger partial charge in [0.05, 0.1) is 6.42 Å². The lowest BCUT2D eigenvalue weighted by molar-refractivity contribution is -0.131. The number of nitrogens with zero attached hydrogens (tertiary/aromatic N) is 1. The van der Waals surface area contributed by atoms with E-state index < -0.39 is 0 Å². The first-order valence-corrected chi connectivity index (χ1v) is 6.80. The van der Waals surface area contributed by atoms with Gasteiger partial charge < -0.3 is 10.2 Å². The van der Waals surface area contributed by atoms with Gasteiger partial charge in [-0.15, -0.1) is 12.4 Å². The van der Waals surface area contributed by atoms with Crippen LogP contribution in [-0.4, -0.2) is 36.5 Å². The fourth-order valence-electron chi connectivity index (χ4n) is 2.10. The fraction of sp³-hybridized carbons (Fsp3) is 0.462. The largest absolute Gasteiger partial charge is 0.340 e. The van der Waals surface area contributed by atoms with E-state index in [0.717, 1.165) is 25.2 Å². The molecule has 0 radical (unpaired) electrons. The van der Waals surface area contributed by atoms with Crippen molar-refractivity contribution in [2.75, 3.05) is 19.6 Å². The normalized spacial score (nSPS) is 18.9. The van der Waals surface area contributed by atoms with E-state index in [-0.39, 0.29) is 24.1 Å². The van der Waals surface area contributed by atoms with Crippen molar-refractivity contribution in [2.45, 2.75) is 19.4 Å². The maximum Gasteiger partial charge on any atom is 0.227 e. The maximum atomic E-state index is 13.0. The molecule has 3 nitrogen and oxygen atoms in total. The number of amides is 1. The molecule has 0 aromatic heterocycles.